The van der Waals surface area contributed by atoms with Crippen molar-refractivity contribution in [3.63, 3.8) is 0 Å². The molecule has 5 nitrogen and oxygen atoms in total. The molecule has 2 N–H and O–H groups in total. The minimum Gasteiger partial charge on any atom is -0.357 e. The van der Waals surface area contributed by atoms with Gasteiger partial charge in [-0.15, -0.1) is 46.7 Å². The summed E-state index contributed by atoms with van der Waals surface area (Å²) in [5, 5.41) is 11.0. The van der Waals surface area contributed by atoms with Gasteiger partial charge in [0.15, 0.2) is 5.96 Å². The van der Waals surface area contributed by atoms with E-state index in [-0.39, 0.29) is 29.4 Å². The highest BCUT2D eigenvalue weighted by Crippen LogP contribution is 2.23. The lowest BCUT2D eigenvalue weighted by molar-refractivity contribution is 0.570. The molecule has 25 heavy (non-hydrogen) atoms. The van der Waals surface area contributed by atoms with Gasteiger partial charge in [0.2, 0.25) is 0 Å². The number of aliphatic imine (C=N–C) groups is 1. The van der Waals surface area contributed by atoms with E-state index in [9.17, 15) is 0 Å². The van der Waals surface area contributed by atoms with Crippen LogP contribution in [0.25, 0.3) is 0 Å². The number of nitrogens with zero attached hydrogens (tertiary/aromatic N) is 3. The number of nitrogens with one attached hydrogen (secondary N) is 2. The molecule has 2 aromatic rings. The topological polar surface area (TPSA) is 62.2 Å². The lowest BCUT2D eigenvalue weighted by Crippen LogP contribution is -2.38. The number of aromatic nitrogens is 2. The highest BCUT2D eigenvalue weighted by atomic mass is 127. The van der Waals surface area contributed by atoms with Crippen LogP contribution in [0.5, 0.6) is 0 Å². The van der Waals surface area contributed by atoms with Gasteiger partial charge in [-0.2, -0.15) is 0 Å². The highest BCUT2D eigenvalue weighted by Gasteiger charge is 2.17. The van der Waals surface area contributed by atoms with Crippen LogP contribution >= 0.6 is 46.7 Å². The number of halogens is 1. The maximum absolute atomic E-state index is 4.73. The van der Waals surface area contributed by atoms with Gasteiger partial charge in [-0.05, 0) is 13.8 Å². The van der Waals surface area contributed by atoms with Gasteiger partial charge in [0.1, 0.15) is 5.01 Å². The van der Waals surface area contributed by atoms with Crippen molar-refractivity contribution in [3.05, 3.63) is 32.2 Å². The van der Waals surface area contributed by atoms with E-state index in [1.54, 1.807) is 22.7 Å². The van der Waals surface area contributed by atoms with Gasteiger partial charge < -0.3 is 10.6 Å². The van der Waals surface area contributed by atoms with Gasteiger partial charge in [0.25, 0.3) is 0 Å². The van der Waals surface area contributed by atoms with E-state index < -0.39 is 0 Å². The van der Waals surface area contributed by atoms with E-state index in [1.807, 2.05) is 6.20 Å². The molecule has 0 aliphatic rings. The SMILES string of the molecule is CCNC(=NCc1ncc(C)s1)NCCc1nc(C(C)(C)C)cs1.I. The molecule has 0 aliphatic heterocycles. The van der Waals surface area contributed by atoms with Gasteiger partial charge in [-0.3, -0.25) is 0 Å². The second-order valence-corrected chi connectivity index (χ2v) is 8.88. The van der Waals surface area contributed by atoms with Crippen molar-refractivity contribution in [1.82, 2.24) is 20.6 Å². The van der Waals surface area contributed by atoms with Crippen LogP contribution in [-0.4, -0.2) is 29.0 Å². The standard InChI is InChI=1S/C17H27N5S2.HI/c1-6-18-16(21-10-15-20-9-12(2)24-15)19-8-7-14-22-13(11-23-14)17(3,4)5;/h9,11H,6-8,10H2,1-5H3,(H2,18,19,21);1H. The molecule has 0 radical (unpaired) electrons. The van der Waals surface area contributed by atoms with Crippen molar-refractivity contribution in [1.29, 1.82) is 0 Å². The summed E-state index contributed by atoms with van der Waals surface area (Å²) in [6, 6.07) is 0. The molecular weight excluding hydrogens is 465 g/mol. The number of thiazole rings is 2. The maximum atomic E-state index is 4.73. The molecule has 0 aromatic carbocycles. The highest BCUT2D eigenvalue weighted by molar-refractivity contribution is 14.0. The Bertz CT molecular complexity index is 673. The van der Waals surface area contributed by atoms with Gasteiger partial charge >= 0.3 is 0 Å². The van der Waals surface area contributed by atoms with Crippen LogP contribution in [0.2, 0.25) is 0 Å². The first-order chi connectivity index (χ1) is 11.4. The largest absolute Gasteiger partial charge is 0.357 e. The summed E-state index contributed by atoms with van der Waals surface area (Å²) in [7, 11) is 0. The summed E-state index contributed by atoms with van der Waals surface area (Å²) in [5.74, 6) is 0.831. The third-order valence-corrected chi connectivity index (χ3v) is 5.14. The minimum atomic E-state index is 0. The predicted molar refractivity (Wildman–Crippen MR) is 120 cm³/mol. The van der Waals surface area contributed by atoms with E-state index in [0.29, 0.717) is 6.54 Å². The molecule has 2 heterocycles. The van der Waals surface area contributed by atoms with Crippen molar-refractivity contribution in [2.45, 2.75) is 53.0 Å². The number of aryl methyl sites for hydroxylation is 1. The van der Waals surface area contributed by atoms with Crippen LogP contribution in [-0.2, 0) is 18.4 Å². The number of guanidine groups is 1. The van der Waals surface area contributed by atoms with Crippen LogP contribution in [0.1, 0.15) is 48.3 Å². The average molecular weight is 493 g/mol. The minimum absolute atomic E-state index is 0. The van der Waals surface area contributed by atoms with Crippen molar-refractivity contribution >= 4 is 52.6 Å². The smallest absolute Gasteiger partial charge is 0.191 e. The number of hydrogen-bond donors (Lipinski definition) is 2. The van der Waals surface area contributed by atoms with Gasteiger partial charge in [0, 0.05) is 41.4 Å². The predicted octanol–water partition coefficient (Wildman–Crippen LogP) is 4.12. The van der Waals surface area contributed by atoms with Gasteiger partial charge in [0.05, 0.1) is 17.2 Å². The number of rotatable bonds is 6. The molecule has 0 aliphatic carbocycles. The van der Waals surface area contributed by atoms with E-state index in [0.717, 1.165) is 30.5 Å². The summed E-state index contributed by atoms with van der Waals surface area (Å²) < 4.78 is 0. The molecule has 0 unspecified atom stereocenters. The van der Waals surface area contributed by atoms with E-state index in [4.69, 9.17) is 4.98 Å². The molecule has 0 spiro atoms. The molecule has 0 amide bonds. The van der Waals surface area contributed by atoms with Crippen LogP contribution in [0, 0.1) is 6.92 Å². The van der Waals surface area contributed by atoms with Crippen LogP contribution in [0.4, 0.5) is 0 Å². The Labute approximate surface area is 175 Å². The van der Waals surface area contributed by atoms with Gasteiger partial charge in [-0.1, -0.05) is 20.8 Å². The molecule has 140 valence electrons. The molecular formula is C17H28IN5S2. The molecule has 2 aromatic heterocycles. The van der Waals surface area contributed by atoms with Crippen molar-refractivity contribution in [2.24, 2.45) is 4.99 Å². The second kappa shape index (κ2) is 10.4. The quantitative estimate of drug-likeness (QED) is 0.361. The fraction of sp³-hybridized carbons (Fsp3) is 0.588. The summed E-state index contributed by atoms with van der Waals surface area (Å²) in [5.41, 5.74) is 1.28. The Kier molecular flexibility index (Phi) is 9.29. The van der Waals surface area contributed by atoms with Crippen molar-refractivity contribution in [2.75, 3.05) is 13.1 Å². The second-order valence-electron chi connectivity index (χ2n) is 6.61. The van der Waals surface area contributed by atoms with Crippen LogP contribution < -0.4 is 10.6 Å². The first-order valence-corrected chi connectivity index (χ1v) is 9.96. The zero-order valence-electron chi connectivity index (χ0n) is 15.5. The first-order valence-electron chi connectivity index (χ1n) is 8.27. The number of hydrogen-bond acceptors (Lipinski definition) is 5. The monoisotopic (exact) mass is 493 g/mol. The van der Waals surface area contributed by atoms with E-state index >= 15 is 0 Å². The molecule has 0 fully saturated rings. The summed E-state index contributed by atoms with van der Waals surface area (Å²) in [4.78, 5) is 14.9. The van der Waals surface area contributed by atoms with E-state index in [1.165, 1.54) is 15.6 Å². The molecule has 0 bridgehead atoms. The van der Waals surface area contributed by atoms with Gasteiger partial charge in [-0.25, -0.2) is 15.0 Å². The maximum Gasteiger partial charge on any atom is 0.191 e. The Morgan fingerprint density at radius 3 is 2.56 bits per heavy atom. The lowest BCUT2D eigenvalue weighted by Gasteiger charge is -2.14. The fourth-order valence-corrected chi connectivity index (χ4v) is 3.76. The van der Waals surface area contributed by atoms with Crippen molar-refractivity contribution in [3.8, 4) is 0 Å². The molecule has 0 atom stereocenters. The molecule has 0 saturated heterocycles. The Morgan fingerprint density at radius 2 is 2.00 bits per heavy atom. The Balaban J connectivity index is 0.00000312. The van der Waals surface area contributed by atoms with Crippen molar-refractivity contribution < 1.29 is 0 Å². The Hall–Kier alpha value is -0.740. The Morgan fingerprint density at radius 1 is 1.24 bits per heavy atom. The lowest BCUT2D eigenvalue weighted by atomic mass is 9.93. The third-order valence-electron chi connectivity index (χ3n) is 3.34. The zero-order valence-corrected chi connectivity index (χ0v) is 19.5. The van der Waals surface area contributed by atoms with Crippen LogP contribution in [0.15, 0.2) is 16.6 Å². The fourth-order valence-electron chi connectivity index (χ4n) is 2.02. The average Bonchev–Trinajstić information content (AvgIpc) is 3.13. The first kappa shape index (κ1) is 22.3. The van der Waals surface area contributed by atoms with E-state index in [2.05, 4.69) is 60.6 Å². The molecule has 0 saturated carbocycles. The summed E-state index contributed by atoms with van der Waals surface area (Å²) >= 11 is 3.43. The van der Waals surface area contributed by atoms with Crippen LogP contribution in [0.3, 0.4) is 0 Å². The zero-order chi connectivity index (χ0) is 17.6. The third kappa shape index (κ3) is 7.57. The molecule has 8 heteroatoms. The summed E-state index contributed by atoms with van der Waals surface area (Å²) in [6.07, 6.45) is 2.80. The summed E-state index contributed by atoms with van der Waals surface area (Å²) in [6.45, 7) is 13.0. The molecule has 2 rings (SSSR count). The normalized spacial score (nSPS) is 12.0.